The number of para-hydroxylation sites is 2. The van der Waals surface area contributed by atoms with Crippen molar-refractivity contribution in [2.45, 2.75) is 0 Å². The summed E-state index contributed by atoms with van der Waals surface area (Å²) in [7, 11) is 1.52. The van der Waals surface area contributed by atoms with Crippen LogP contribution in [0.2, 0.25) is 0 Å². The standard InChI is InChI=1S/C25H20N2O3/c1-30-23-10-6-5-9-22(23)27-25(29)20-15-16-21(26-24(20)28)19-13-11-18(12-14-19)17-7-3-2-4-8-17/h2-16H,1H3,(H,26,28)(H,27,29). The Kier molecular flexibility index (Phi) is 5.44. The van der Waals surface area contributed by atoms with E-state index >= 15 is 0 Å². The van der Waals surface area contributed by atoms with Gasteiger partial charge in [0.2, 0.25) is 0 Å². The van der Waals surface area contributed by atoms with Gasteiger partial charge in [0, 0.05) is 5.69 Å². The lowest BCUT2D eigenvalue weighted by atomic mass is 10.0. The van der Waals surface area contributed by atoms with Crippen molar-refractivity contribution in [2.24, 2.45) is 0 Å². The number of H-pyrrole nitrogens is 1. The second kappa shape index (κ2) is 8.49. The Balaban J connectivity index is 1.56. The van der Waals surface area contributed by atoms with Crippen LogP contribution >= 0.6 is 0 Å². The number of aromatic amines is 1. The molecule has 30 heavy (non-hydrogen) atoms. The lowest BCUT2D eigenvalue weighted by molar-refractivity contribution is 0.102. The zero-order valence-corrected chi connectivity index (χ0v) is 16.4. The first-order chi connectivity index (χ1) is 14.7. The molecule has 0 bridgehead atoms. The number of pyridine rings is 1. The molecule has 1 heterocycles. The highest BCUT2D eigenvalue weighted by molar-refractivity contribution is 6.04. The minimum Gasteiger partial charge on any atom is -0.495 e. The monoisotopic (exact) mass is 396 g/mol. The fraction of sp³-hybridized carbons (Fsp3) is 0.0400. The maximum Gasteiger partial charge on any atom is 0.261 e. The number of methoxy groups -OCH3 is 1. The summed E-state index contributed by atoms with van der Waals surface area (Å²) in [6.45, 7) is 0. The third kappa shape index (κ3) is 4.00. The van der Waals surface area contributed by atoms with Crippen molar-refractivity contribution in [3.05, 3.63) is 107 Å². The lowest BCUT2D eigenvalue weighted by Gasteiger charge is -2.10. The van der Waals surface area contributed by atoms with Gasteiger partial charge in [-0.2, -0.15) is 0 Å². The average Bonchev–Trinajstić information content (AvgIpc) is 2.80. The highest BCUT2D eigenvalue weighted by Crippen LogP contribution is 2.25. The van der Waals surface area contributed by atoms with Crippen molar-refractivity contribution in [3.8, 4) is 28.1 Å². The van der Waals surface area contributed by atoms with Crippen molar-refractivity contribution < 1.29 is 9.53 Å². The number of anilines is 1. The van der Waals surface area contributed by atoms with Crippen molar-refractivity contribution in [2.75, 3.05) is 12.4 Å². The van der Waals surface area contributed by atoms with Crippen molar-refractivity contribution >= 4 is 11.6 Å². The van der Waals surface area contributed by atoms with E-state index in [2.05, 4.69) is 10.3 Å². The number of amides is 1. The minimum atomic E-state index is -0.494. The molecule has 0 atom stereocenters. The molecule has 2 N–H and O–H groups in total. The van der Waals surface area contributed by atoms with Gasteiger partial charge in [-0.1, -0.05) is 66.7 Å². The number of ether oxygens (including phenoxy) is 1. The smallest absolute Gasteiger partial charge is 0.261 e. The molecule has 0 fully saturated rings. The first-order valence-corrected chi connectivity index (χ1v) is 9.49. The van der Waals surface area contributed by atoms with Crippen LogP contribution in [0.3, 0.4) is 0 Å². The van der Waals surface area contributed by atoms with E-state index in [9.17, 15) is 9.59 Å². The summed E-state index contributed by atoms with van der Waals surface area (Å²) < 4.78 is 5.23. The maximum absolute atomic E-state index is 12.6. The van der Waals surface area contributed by atoms with Crippen LogP contribution in [-0.2, 0) is 0 Å². The van der Waals surface area contributed by atoms with E-state index in [0.717, 1.165) is 16.7 Å². The summed E-state index contributed by atoms with van der Waals surface area (Å²) in [5.74, 6) is 0.0316. The first kappa shape index (κ1) is 19.2. The van der Waals surface area contributed by atoms with Crippen LogP contribution in [0.5, 0.6) is 5.75 Å². The average molecular weight is 396 g/mol. The summed E-state index contributed by atoms with van der Waals surface area (Å²) in [5, 5.41) is 2.72. The third-order valence-electron chi connectivity index (χ3n) is 4.81. The SMILES string of the molecule is COc1ccccc1NC(=O)c1ccc(-c2ccc(-c3ccccc3)cc2)[nH]c1=O. The Labute approximate surface area is 174 Å². The maximum atomic E-state index is 12.6. The Morgan fingerprint density at radius 3 is 2.10 bits per heavy atom. The van der Waals surface area contributed by atoms with Crippen LogP contribution in [0.15, 0.2) is 95.8 Å². The Bertz CT molecular complexity index is 1230. The molecule has 0 spiro atoms. The van der Waals surface area contributed by atoms with E-state index in [-0.39, 0.29) is 5.56 Å². The fourth-order valence-corrected chi connectivity index (χ4v) is 3.23. The predicted octanol–water partition coefficient (Wildman–Crippen LogP) is 4.97. The predicted molar refractivity (Wildman–Crippen MR) is 119 cm³/mol. The fourth-order valence-electron chi connectivity index (χ4n) is 3.23. The van der Waals surface area contributed by atoms with E-state index in [1.807, 2.05) is 54.6 Å². The van der Waals surface area contributed by atoms with Crippen LogP contribution in [0, 0.1) is 0 Å². The molecular weight excluding hydrogens is 376 g/mol. The first-order valence-electron chi connectivity index (χ1n) is 9.49. The van der Waals surface area contributed by atoms with Gasteiger partial charge in [-0.25, -0.2) is 0 Å². The van der Waals surface area contributed by atoms with Gasteiger partial charge in [0.25, 0.3) is 11.5 Å². The van der Waals surface area contributed by atoms with Gasteiger partial charge in [-0.3, -0.25) is 9.59 Å². The molecule has 0 aliphatic carbocycles. The van der Waals surface area contributed by atoms with E-state index in [4.69, 9.17) is 4.74 Å². The molecule has 1 amide bonds. The highest BCUT2D eigenvalue weighted by atomic mass is 16.5. The Morgan fingerprint density at radius 1 is 0.767 bits per heavy atom. The number of aromatic nitrogens is 1. The normalized spacial score (nSPS) is 10.4. The second-order valence-electron chi connectivity index (χ2n) is 6.71. The van der Waals surface area contributed by atoms with E-state index in [1.165, 1.54) is 13.2 Å². The van der Waals surface area contributed by atoms with E-state index in [1.54, 1.807) is 30.3 Å². The van der Waals surface area contributed by atoms with Gasteiger partial charge in [-0.05, 0) is 41.0 Å². The zero-order valence-electron chi connectivity index (χ0n) is 16.4. The topological polar surface area (TPSA) is 71.2 Å². The number of carbonyl (C=O) groups excluding carboxylic acids is 1. The molecular formula is C25H20N2O3. The summed E-state index contributed by atoms with van der Waals surface area (Å²) in [4.78, 5) is 27.9. The molecule has 0 aliphatic heterocycles. The minimum absolute atomic E-state index is 0.0329. The van der Waals surface area contributed by atoms with Crippen LogP contribution in [-0.4, -0.2) is 18.0 Å². The van der Waals surface area contributed by atoms with Gasteiger partial charge < -0.3 is 15.0 Å². The van der Waals surface area contributed by atoms with Gasteiger partial charge in [0.1, 0.15) is 11.3 Å². The quantitative estimate of drug-likeness (QED) is 0.500. The number of rotatable bonds is 5. The van der Waals surface area contributed by atoms with Gasteiger partial charge in [0.15, 0.2) is 0 Å². The molecule has 4 rings (SSSR count). The van der Waals surface area contributed by atoms with Crippen LogP contribution < -0.4 is 15.6 Å². The summed E-state index contributed by atoms with van der Waals surface area (Å²) in [6, 6.07) is 28.3. The van der Waals surface area contributed by atoms with Crippen LogP contribution in [0.25, 0.3) is 22.4 Å². The molecule has 3 aromatic carbocycles. The summed E-state index contributed by atoms with van der Waals surface area (Å²) in [6.07, 6.45) is 0. The molecule has 0 unspecified atom stereocenters. The molecule has 0 saturated heterocycles. The van der Waals surface area contributed by atoms with Crippen molar-refractivity contribution in [1.82, 2.24) is 4.98 Å². The van der Waals surface area contributed by atoms with Crippen molar-refractivity contribution in [1.29, 1.82) is 0 Å². The molecule has 0 saturated carbocycles. The van der Waals surface area contributed by atoms with Crippen molar-refractivity contribution in [3.63, 3.8) is 0 Å². The van der Waals surface area contributed by atoms with Crippen LogP contribution in [0.4, 0.5) is 5.69 Å². The molecule has 148 valence electrons. The molecule has 0 radical (unpaired) electrons. The molecule has 5 nitrogen and oxygen atoms in total. The van der Waals surface area contributed by atoms with Gasteiger partial charge in [-0.15, -0.1) is 0 Å². The molecule has 1 aromatic heterocycles. The number of benzene rings is 3. The largest absolute Gasteiger partial charge is 0.495 e. The Hall–Kier alpha value is -4.12. The molecule has 5 heteroatoms. The zero-order chi connectivity index (χ0) is 20.9. The third-order valence-corrected chi connectivity index (χ3v) is 4.81. The highest BCUT2D eigenvalue weighted by Gasteiger charge is 2.14. The lowest BCUT2D eigenvalue weighted by Crippen LogP contribution is -2.23. The Morgan fingerprint density at radius 2 is 1.40 bits per heavy atom. The summed E-state index contributed by atoms with van der Waals surface area (Å²) >= 11 is 0. The van der Waals surface area contributed by atoms with E-state index in [0.29, 0.717) is 17.1 Å². The number of nitrogens with one attached hydrogen (secondary N) is 2. The van der Waals surface area contributed by atoms with E-state index < -0.39 is 11.5 Å². The number of hydrogen-bond acceptors (Lipinski definition) is 3. The molecule has 4 aromatic rings. The second-order valence-corrected chi connectivity index (χ2v) is 6.71. The molecule has 0 aliphatic rings. The van der Waals surface area contributed by atoms with Gasteiger partial charge >= 0.3 is 0 Å². The van der Waals surface area contributed by atoms with Crippen LogP contribution in [0.1, 0.15) is 10.4 Å². The summed E-state index contributed by atoms with van der Waals surface area (Å²) in [5.41, 5.74) is 3.81. The van der Waals surface area contributed by atoms with Gasteiger partial charge in [0.05, 0.1) is 12.8 Å². The number of carbonyl (C=O) groups is 1. The number of hydrogen-bond donors (Lipinski definition) is 2.